The van der Waals surface area contributed by atoms with Crippen LogP contribution in [0.2, 0.25) is 10.0 Å². The zero-order chi connectivity index (χ0) is 21.5. The van der Waals surface area contributed by atoms with E-state index in [4.69, 9.17) is 27.9 Å². The zero-order valence-electron chi connectivity index (χ0n) is 16.1. The number of hydrogen-bond acceptors (Lipinski definition) is 4. The minimum atomic E-state index is -0.460. The number of thiazole rings is 1. The first-order valence-electron chi connectivity index (χ1n) is 9.02. The Balaban J connectivity index is 1.85. The monoisotopic (exact) mass is 463 g/mol. The van der Waals surface area contributed by atoms with Gasteiger partial charge in [-0.15, -0.1) is 11.3 Å². The summed E-state index contributed by atoms with van der Waals surface area (Å²) in [5, 5.41) is 5.35. The molecule has 0 spiro atoms. The lowest BCUT2D eigenvalue weighted by molar-refractivity contribution is 0.0935. The number of benzene rings is 2. The average Bonchev–Trinajstić information content (AvgIpc) is 3.15. The fourth-order valence-corrected chi connectivity index (χ4v) is 3.96. The van der Waals surface area contributed by atoms with E-state index in [0.717, 1.165) is 5.56 Å². The van der Waals surface area contributed by atoms with Crippen LogP contribution in [-0.4, -0.2) is 36.6 Å². The van der Waals surface area contributed by atoms with E-state index in [1.165, 1.54) is 17.4 Å². The Hall–Kier alpha value is -2.45. The van der Waals surface area contributed by atoms with Crippen molar-refractivity contribution >= 4 is 46.4 Å². The second-order valence-corrected chi connectivity index (χ2v) is 7.98. The SMILES string of the molecule is COCCNC(=O)c1ccccc1Cn1ccsc1=NC(=O)c1ccc(Cl)cc1Cl. The van der Waals surface area contributed by atoms with Gasteiger partial charge in [-0.2, -0.15) is 4.99 Å². The lowest BCUT2D eigenvalue weighted by Crippen LogP contribution is -2.28. The molecule has 1 aromatic heterocycles. The first-order chi connectivity index (χ1) is 14.5. The molecule has 3 rings (SSSR count). The average molecular weight is 464 g/mol. The third-order valence-electron chi connectivity index (χ3n) is 4.21. The van der Waals surface area contributed by atoms with Crippen LogP contribution in [0, 0.1) is 0 Å². The van der Waals surface area contributed by atoms with Gasteiger partial charge in [0.1, 0.15) is 0 Å². The van der Waals surface area contributed by atoms with Crippen molar-refractivity contribution in [2.45, 2.75) is 6.54 Å². The van der Waals surface area contributed by atoms with E-state index in [0.29, 0.717) is 35.1 Å². The van der Waals surface area contributed by atoms with Crippen molar-refractivity contribution in [2.24, 2.45) is 4.99 Å². The number of amides is 2. The molecule has 6 nitrogen and oxygen atoms in total. The van der Waals surface area contributed by atoms with Gasteiger partial charge in [0.15, 0.2) is 4.80 Å². The van der Waals surface area contributed by atoms with Crippen LogP contribution in [0.4, 0.5) is 0 Å². The minimum Gasteiger partial charge on any atom is -0.383 e. The zero-order valence-corrected chi connectivity index (χ0v) is 18.4. The molecule has 2 amide bonds. The molecule has 0 bridgehead atoms. The smallest absolute Gasteiger partial charge is 0.281 e. The molecule has 1 heterocycles. The second kappa shape index (κ2) is 10.5. The van der Waals surface area contributed by atoms with Gasteiger partial charge in [0.25, 0.3) is 11.8 Å². The lowest BCUT2D eigenvalue weighted by Gasteiger charge is -2.11. The van der Waals surface area contributed by atoms with Crippen molar-refractivity contribution in [3.63, 3.8) is 0 Å². The molecule has 30 heavy (non-hydrogen) atoms. The topological polar surface area (TPSA) is 72.7 Å². The number of methoxy groups -OCH3 is 1. The molecule has 1 N–H and O–H groups in total. The Labute approximate surface area is 187 Å². The summed E-state index contributed by atoms with van der Waals surface area (Å²) in [6.07, 6.45) is 1.82. The molecule has 3 aromatic rings. The van der Waals surface area contributed by atoms with Crippen molar-refractivity contribution in [1.29, 1.82) is 0 Å². The third kappa shape index (κ3) is 5.58. The number of hydrogen-bond donors (Lipinski definition) is 1. The van der Waals surface area contributed by atoms with Crippen LogP contribution in [0.1, 0.15) is 26.3 Å². The number of rotatable bonds is 7. The Morgan fingerprint density at radius 2 is 1.97 bits per heavy atom. The first kappa shape index (κ1) is 22.2. The molecule has 0 radical (unpaired) electrons. The van der Waals surface area contributed by atoms with E-state index in [2.05, 4.69) is 10.3 Å². The van der Waals surface area contributed by atoms with E-state index in [-0.39, 0.29) is 16.5 Å². The summed E-state index contributed by atoms with van der Waals surface area (Å²) in [7, 11) is 1.58. The summed E-state index contributed by atoms with van der Waals surface area (Å²) in [4.78, 5) is 29.8. The van der Waals surface area contributed by atoms with Gasteiger partial charge in [0, 0.05) is 35.8 Å². The maximum Gasteiger partial charge on any atom is 0.281 e. The van der Waals surface area contributed by atoms with Gasteiger partial charge in [-0.3, -0.25) is 9.59 Å². The van der Waals surface area contributed by atoms with Crippen LogP contribution in [0.3, 0.4) is 0 Å². The Bertz CT molecular complexity index is 1120. The minimum absolute atomic E-state index is 0.180. The highest BCUT2D eigenvalue weighted by Gasteiger charge is 2.13. The summed E-state index contributed by atoms with van der Waals surface area (Å²) in [5.74, 6) is -0.639. The Morgan fingerprint density at radius 3 is 2.73 bits per heavy atom. The number of ether oxygens (including phenoxy) is 1. The molecule has 0 fully saturated rings. The number of halogens is 2. The fraction of sp³-hybridized carbons (Fsp3) is 0.190. The van der Waals surface area contributed by atoms with Gasteiger partial charge >= 0.3 is 0 Å². The predicted molar refractivity (Wildman–Crippen MR) is 118 cm³/mol. The molecular weight excluding hydrogens is 445 g/mol. The van der Waals surface area contributed by atoms with Gasteiger partial charge in [0.05, 0.1) is 23.7 Å². The molecule has 0 atom stereocenters. The van der Waals surface area contributed by atoms with E-state index in [1.54, 1.807) is 25.3 Å². The summed E-state index contributed by atoms with van der Waals surface area (Å²) >= 11 is 13.3. The molecular formula is C21H19Cl2N3O3S. The molecule has 9 heteroatoms. The van der Waals surface area contributed by atoms with E-state index >= 15 is 0 Å². The lowest BCUT2D eigenvalue weighted by atomic mass is 10.1. The second-order valence-electron chi connectivity index (χ2n) is 6.26. The van der Waals surface area contributed by atoms with E-state index in [9.17, 15) is 9.59 Å². The quantitative estimate of drug-likeness (QED) is 0.537. The maximum atomic E-state index is 12.6. The summed E-state index contributed by atoms with van der Waals surface area (Å²) in [5.41, 5.74) is 1.65. The number of aromatic nitrogens is 1. The molecule has 0 unspecified atom stereocenters. The van der Waals surface area contributed by atoms with Crippen LogP contribution in [0.5, 0.6) is 0 Å². The molecule has 0 saturated heterocycles. The highest BCUT2D eigenvalue weighted by Crippen LogP contribution is 2.21. The van der Waals surface area contributed by atoms with Crippen LogP contribution in [0.15, 0.2) is 59.0 Å². The van der Waals surface area contributed by atoms with Crippen LogP contribution in [-0.2, 0) is 11.3 Å². The van der Waals surface area contributed by atoms with Crippen molar-refractivity contribution in [1.82, 2.24) is 9.88 Å². The molecule has 2 aromatic carbocycles. The molecule has 0 aliphatic carbocycles. The van der Waals surface area contributed by atoms with E-state index < -0.39 is 5.91 Å². The number of nitrogens with zero attached hydrogens (tertiary/aromatic N) is 2. The maximum absolute atomic E-state index is 12.6. The number of carbonyl (C=O) groups is 2. The fourth-order valence-electron chi connectivity index (χ4n) is 2.74. The summed E-state index contributed by atoms with van der Waals surface area (Å²) in [6, 6.07) is 12.0. The number of carbonyl (C=O) groups excluding carboxylic acids is 2. The first-order valence-corrected chi connectivity index (χ1v) is 10.7. The van der Waals surface area contributed by atoms with Crippen molar-refractivity contribution in [3.8, 4) is 0 Å². The Morgan fingerprint density at radius 1 is 1.17 bits per heavy atom. The highest BCUT2D eigenvalue weighted by atomic mass is 35.5. The molecule has 0 aliphatic rings. The normalized spacial score (nSPS) is 11.5. The molecule has 0 saturated carbocycles. The van der Waals surface area contributed by atoms with Gasteiger partial charge in [0.2, 0.25) is 0 Å². The number of nitrogens with one attached hydrogen (secondary N) is 1. The molecule has 0 aliphatic heterocycles. The predicted octanol–water partition coefficient (Wildman–Crippen LogP) is 4.02. The van der Waals surface area contributed by atoms with Crippen LogP contribution >= 0.6 is 34.5 Å². The highest BCUT2D eigenvalue weighted by molar-refractivity contribution is 7.07. The molecule has 156 valence electrons. The summed E-state index contributed by atoms with van der Waals surface area (Å²) < 4.78 is 6.78. The Kier molecular flexibility index (Phi) is 7.81. The largest absolute Gasteiger partial charge is 0.383 e. The van der Waals surface area contributed by atoms with Crippen LogP contribution < -0.4 is 10.1 Å². The van der Waals surface area contributed by atoms with Crippen molar-refractivity contribution in [3.05, 3.63) is 85.6 Å². The van der Waals surface area contributed by atoms with E-state index in [1.807, 2.05) is 34.3 Å². The van der Waals surface area contributed by atoms with Gasteiger partial charge in [-0.05, 0) is 29.8 Å². The van der Waals surface area contributed by atoms with Gasteiger partial charge in [-0.1, -0.05) is 41.4 Å². The summed E-state index contributed by atoms with van der Waals surface area (Å²) in [6.45, 7) is 1.25. The van der Waals surface area contributed by atoms with Crippen molar-refractivity contribution < 1.29 is 14.3 Å². The van der Waals surface area contributed by atoms with Gasteiger partial charge < -0.3 is 14.6 Å². The van der Waals surface area contributed by atoms with Crippen molar-refractivity contribution in [2.75, 3.05) is 20.3 Å². The van der Waals surface area contributed by atoms with Gasteiger partial charge in [-0.25, -0.2) is 0 Å². The van der Waals surface area contributed by atoms with Crippen LogP contribution in [0.25, 0.3) is 0 Å². The third-order valence-corrected chi connectivity index (χ3v) is 5.56. The standard InChI is InChI=1S/C21H19Cl2N3O3S/c1-29-10-8-24-19(27)16-5-3-2-4-14(16)13-26-9-11-30-21(26)25-20(28)17-7-6-15(22)12-18(17)23/h2-7,9,11-12H,8,10,13H2,1H3,(H,24,27).